The number of likely N-dealkylation sites (N-methyl/N-ethyl adjacent to an activating group) is 1. The molecule has 0 saturated carbocycles. The molecule has 3 atom stereocenters. The summed E-state index contributed by atoms with van der Waals surface area (Å²) >= 11 is 0. The van der Waals surface area contributed by atoms with Crippen molar-refractivity contribution >= 4 is 0 Å². The Morgan fingerprint density at radius 2 is 2.31 bits per heavy atom. The van der Waals surface area contributed by atoms with Crippen molar-refractivity contribution < 1.29 is 4.48 Å². The summed E-state index contributed by atoms with van der Waals surface area (Å²) in [6.07, 6.45) is 5.11. The van der Waals surface area contributed by atoms with Gasteiger partial charge in [0.1, 0.15) is 6.54 Å². The summed E-state index contributed by atoms with van der Waals surface area (Å²) in [5.41, 5.74) is 2.26. The number of hydrogen-bond donors (Lipinski definition) is 0. The van der Waals surface area contributed by atoms with E-state index in [2.05, 4.69) is 33.9 Å². The molecular formula is C12H22N+. The zero-order valence-corrected chi connectivity index (χ0v) is 9.43. The second-order valence-electron chi connectivity index (χ2n) is 5.31. The van der Waals surface area contributed by atoms with Gasteiger partial charge >= 0.3 is 0 Å². The van der Waals surface area contributed by atoms with Crippen LogP contribution in [-0.2, 0) is 0 Å². The molecule has 13 heavy (non-hydrogen) atoms. The first kappa shape index (κ1) is 9.26. The highest BCUT2D eigenvalue weighted by Crippen LogP contribution is 2.51. The highest BCUT2D eigenvalue weighted by atomic mass is 15.5. The maximum Gasteiger partial charge on any atom is 0.168 e. The molecule has 2 aliphatic rings. The highest BCUT2D eigenvalue weighted by molar-refractivity contribution is 5.26. The number of hydrogen-bond acceptors (Lipinski definition) is 0. The molecule has 1 saturated heterocycles. The molecule has 1 unspecified atom stereocenters. The predicted octanol–water partition coefficient (Wildman–Crippen LogP) is 2.58. The fraction of sp³-hybridized carbons (Fsp3) is 0.833. The van der Waals surface area contributed by atoms with E-state index < -0.39 is 0 Å². The smallest absolute Gasteiger partial charge is 0.168 e. The van der Waals surface area contributed by atoms with E-state index in [0.717, 1.165) is 5.92 Å². The Hall–Kier alpha value is -0.300. The van der Waals surface area contributed by atoms with E-state index in [1.54, 1.807) is 5.57 Å². The van der Waals surface area contributed by atoms with E-state index in [0.29, 0.717) is 5.54 Å². The van der Waals surface area contributed by atoms with E-state index in [1.165, 1.54) is 30.4 Å². The van der Waals surface area contributed by atoms with Gasteiger partial charge in [-0.15, -0.1) is 0 Å². The Morgan fingerprint density at radius 1 is 1.62 bits per heavy atom. The van der Waals surface area contributed by atoms with E-state index in [-0.39, 0.29) is 0 Å². The van der Waals surface area contributed by atoms with Crippen LogP contribution >= 0.6 is 0 Å². The molecule has 1 fully saturated rings. The number of rotatable bonds is 2. The molecule has 0 amide bonds. The molecule has 0 aromatic carbocycles. The Labute approximate surface area is 82.0 Å². The molecule has 0 aliphatic carbocycles. The minimum atomic E-state index is 0.522. The van der Waals surface area contributed by atoms with Crippen molar-refractivity contribution in [3.63, 3.8) is 0 Å². The van der Waals surface area contributed by atoms with Crippen LogP contribution in [0.5, 0.6) is 0 Å². The van der Waals surface area contributed by atoms with Crippen molar-refractivity contribution in [1.29, 1.82) is 0 Å². The van der Waals surface area contributed by atoms with E-state index in [9.17, 15) is 0 Å². The monoisotopic (exact) mass is 180 g/mol. The molecule has 2 rings (SSSR count). The summed E-state index contributed by atoms with van der Waals surface area (Å²) in [4.78, 5) is 0. The zero-order chi connectivity index (χ0) is 9.69. The van der Waals surface area contributed by atoms with Crippen LogP contribution in [0.1, 0.15) is 33.6 Å². The van der Waals surface area contributed by atoms with Gasteiger partial charge in [-0.3, -0.25) is 0 Å². The Morgan fingerprint density at radius 3 is 2.92 bits per heavy atom. The SMILES string of the molecule is CC[C@@H](C)C1=CCC[N@+]2(C)CC12C. The van der Waals surface area contributed by atoms with Gasteiger partial charge in [-0.1, -0.05) is 19.9 Å². The maximum atomic E-state index is 2.52. The molecule has 0 spiro atoms. The fourth-order valence-electron chi connectivity index (χ4n) is 3.05. The van der Waals surface area contributed by atoms with Crippen molar-refractivity contribution in [2.24, 2.45) is 5.92 Å². The van der Waals surface area contributed by atoms with Gasteiger partial charge in [0.2, 0.25) is 0 Å². The van der Waals surface area contributed by atoms with Crippen LogP contribution in [0, 0.1) is 5.92 Å². The largest absolute Gasteiger partial charge is 0.307 e. The van der Waals surface area contributed by atoms with Gasteiger partial charge in [0, 0.05) is 13.3 Å². The fourth-order valence-corrected chi connectivity index (χ4v) is 3.05. The lowest BCUT2D eigenvalue weighted by Gasteiger charge is -2.28. The van der Waals surface area contributed by atoms with Gasteiger partial charge in [0.15, 0.2) is 5.54 Å². The van der Waals surface area contributed by atoms with Crippen molar-refractivity contribution in [1.82, 2.24) is 0 Å². The highest BCUT2D eigenvalue weighted by Gasteiger charge is 2.66. The molecule has 0 radical (unpaired) electrons. The summed E-state index contributed by atoms with van der Waals surface area (Å²) in [5, 5.41) is 0. The van der Waals surface area contributed by atoms with Crippen molar-refractivity contribution in [3.8, 4) is 0 Å². The van der Waals surface area contributed by atoms with Gasteiger partial charge in [0.05, 0.1) is 13.6 Å². The Bertz CT molecular complexity index is 256. The summed E-state index contributed by atoms with van der Waals surface area (Å²) in [6.45, 7) is 9.87. The van der Waals surface area contributed by atoms with Crippen LogP contribution in [0.2, 0.25) is 0 Å². The van der Waals surface area contributed by atoms with Gasteiger partial charge in [-0.2, -0.15) is 0 Å². The van der Waals surface area contributed by atoms with Crippen LogP contribution in [-0.4, -0.2) is 30.2 Å². The Balaban J connectivity index is 2.25. The lowest BCUT2D eigenvalue weighted by atomic mass is 9.85. The third kappa shape index (κ3) is 1.10. The third-order valence-corrected chi connectivity index (χ3v) is 4.50. The first-order valence-electron chi connectivity index (χ1n) is 5.59. The Kier molecular flexibility index (Phi) is 1.85. The predicted molar refractivity (Wildman–Crippen MR) is 56.5 cm³/mol. The molecule has 2 aliphatic heterocycles. The molecular weight excluding hydrogens is 158 g/mol. The molecule has 1 nitrogen and oxygen atoms in total. The quantitative estimate of drug-likeness (QED) is 0.348. The third-order valence-electron chi connectivity index (χ3n) is 4.50. The van der Waals surface area contributed by atoms with Crippen LogP contribution in [0.3, 0.4) is 0 Å². The normalized spacial score (nSPS) is 45.1. The zero-order valence-electron chi connectivity index (χ0n) is 9.43. The van der Waals surface area contributed by atoms with Gasteiger partial charge in [-0.05, 0) is 17.9 Å². The minimum Gasteiger partial charge on any atom is -0.307 e. The second-order valence-corrected chi connectivity index (χ2v) is 5.31. The summed E-state index contributed by atoms with van der Waals surface area (Å²) < 4.78 is 1.31. The van der Waals surface area contributed by atoms with Crippen molar-refractivity contribution in [3.05, 3.63) is 11.6 Å². The van der Waals surface area contributed by atoms with E-state index >= 15 is 0 Å². The van der Waals surface area contributed by atoms with Gasteiger partial charge < -0.3 is 4.48 Å². The van der Waals surface area contributed by atoms with Crippen molar-refractivity contribution in [2.75, 3.05) is 20.1 Å². The van der Waals surface area contributed by atoms with E-state index in [1.807, 2.05) is 0 Å². The topological polar surface area (TPSA) is 0 Å². The number of nitrogens with zero attached hydrogens (tertiary/aromatic N) is 1. The lowest BCUT2D eigenvalue weighted by Crippen LogP contribution is -2.37. The number of quaternary nitrogens is 1. The lowest BCUT2D eigenvalue weighted by molar-refractivity contribution is -0.805. The van der Waals surface area contributed by atoms with Crippen molar-refractivity contribution in [2.45, 2.75) is 39.2 Å². The molecule has 1 heteroatoms. The summed E-state index contributed by atoms with van der Waals surface area (Å²) in [7, 11) is 2.41. The molecule has 0 aromatic heterocycles. The van der Waals surface area contributed by atoms with Crippen LogP contribution in [0.25, 0.3) is 0 Å². The molecule has 0 aromatic rings. The molecule has 74 valence electrons. The summed E-state index contributed by atoms with van der Waals surface area (Å²) in [6, 6.07) is 0. The molecule has 2 heterocycles. The first-order valence-corrected chi connectivity index (χ1v) is 5.59. The minimum absolute atomic E-state index is 0.522. The first-order chi connectivity index (χ1) is 6.03. The average molecular weight is 180 g/mol. The van der Waals surface area contributed by atoms with Crippen LogP contribution in [0.4, 0.5) is 0 Å². The average Bonchev–Trinajstić information content (AvgIpc) is 2.66. The molecule has 0 N–H and O–H groups in total. The van der Waals surface area contributed by atoms with Crippen LogP contribution < -0.4 is 0 Å². The van der Waals surface area contributed by atoms with Gasteiger partial charge in [0.25, 0.3) is 0 Å². The second kappa shape index (κ2) is 2.60. The number of fused-ring (bicyclic) bond motifs is 1. The van der Waals surface area contributed by atoms with Gasteiger partial charge in [-0.25, -0.2) is 0 Å². The maximum absolute atomic E-state index is 2.52. The van der Waals surface area contributed by atoms with E-state index in [4.69, 9.17) is 0 Å². The summed E-state index contributed by atoms with van der Waals surface area (Å²) in [5.74, 6) is 0.797. The van der Waals surface area contributed by atoms with Crippen LogP contribution in [0.15, 0.2) is 11.6 Å². The molecule has 0 bridgehead atoms. The standard InChI is InChI=1S/C12H22N/c1-5-10(2)11-7-6-8-13(4)9-12(11,13)3/h7,10H,5-6,8-9H2,1-4H3/q+1/t10-,12?,13-/m1/s1.